The Balaban J connectivity index is 1.63. The number of hydrogen-bond donors (Lipinski definition) is 0. The van der Waals surface area contributed by atoms with Crippen molar-refractivity contribution in [3.8, 4) is 0 Å². The van der Waals surface area contributed by atoms with Crippen LogP contribution in [0.3, 0.4) is 0 Å². The Morgan fingerprint density at radius 2 is 1.88 bits per heavy atom. The normalized spacial score (nSPS) is 21.8. The van der Waals surface area contributed by atoms with Gasteiger partial charge >= 0.3 is 5.97 Å². The minimum Gasteiger partial charge on any atom is -0.452 e. The van der Waals surface area contributed by atoms with Gasteiger partial charge in [0, 0.05) is 17.1 Å². The number of nitrogens with zero attached hydrogens (tertiary/aromatic N) is 1. The molecule has 2 aliphatic rings. The molecular formula is C16H17Cl2NO5S. The molecule has 6 nitrogen and oxygen atoms in total. The SMILES string of the molecule is O=C(OCC(=O)N(C1CC1)[C@H]1CCS(=O)(=O)C1)c1ccc(Cl)cc1Cl. The molecule has 0 bridgehead atoms. The molecule has 2 fully saturated rings. The highest BCUT2D eigenvalue weighted by Gasteiger charge is 2.42. The van der Waals surface area contributed by atoms with Crippen LogP contribution < -0.4 is 0 Å². The number of amides is 1. The number of esters is 1. The van der Waals surface area contributed by atoms with Gasteiger partial charge in [0.15, 0.2) is 16.4 Å². The number of hydrogen-bond acceptors (Lipinski definition) is 5. The Morgan fingerprint density at radius 1 is 1.16 bits per heavy atom. The summed E-state index contributed by atoms with van der Waals surface area (Å²) in [6, 6.07) is 4.07. The molecule has 9 heteroatoms. The molecule has 1 aromatic carbocycles. The smallest absolute Gasteiger partial charge is 0.340 e. The van der Waals surface area contributed by atoms with Gasteiger partial charge in [0.05, 0.1) is 22.1 Å². The third-order valence-corrected chi connectivity index (χ3v) is 6.61. The van der Waals surface area contributed by atoms with E-state index in [0.29, 0.717) is 11.4 Å². The van der Waals surface area contributed by atoms with E-state index >= 15 is 0 Å². The van der Waals surface area contributed by atoms with Crippen molar-refractivity contribution in [2.45, 2.75) is 31.3 Å². The van der Waals surface area contributed by atoms with Gasteiger partial charge in [-0.1, -0.05) is 23.2 Å². The molecular weight excluding hydrogens is 389 g/mol. The largest absolute Gasteiger partial charge is 0.452 e. The highest BCUT2D eigenvalue weighted by molar-refractivity contribution is 7.91. The van der Waals surface area contributed by atoms with Crippen LogP contribution in [0.2, 0.25) is 10.0 Å². The monoisotopic (exact) mass is 405 g/mol. The van der Waals surface area contributed by atoms with Crippen LogP contribution in [0.15, 0.2) is 18.2 Å². The average Bonchev–Trinajstić information content (AvgIpc) is 3.29. The molecule has 0 unspecified atom stereocenters. The number of carbonyl (C=O) groups excluding carboxylic acids is 2. The van der Waals surface area contributed by atoms with E-state index in [9.17, 15) is 18.0 Å². The summed E-state index contributed by atoms with van der Waals surface area (Å²) in [4.78, 5) is 26.2. The van der Waals surface area contributed by atoms with Crippen LogP contribution in [-0.4, -0.2) is 55.4 Å². The molecule has 0 aromatic heterocycles. The maximum atomic E-state index is 12.5. The summed E-state index contributed by atoms with van der Waals surface area (Å²) >= 11 is 11.7. The molecule has 1 saturated heterocycles. The molecule has 3 rings (SSSR count). The quantitative estimate of drug-likeness (QED) is 0.702. The molecule has 25 heavy (non-hydrogen) atoms. The zero-order valence-corrected chi connectivity index (χ0v) is 15.6. The van der Waals surface area contributed by atoms with Crippen molar-refractivity contribution in [3.05, 3.63) is 33.8 Å². The first-order chi connectivity index (χ1) is 11.8. The highest BCUT2D eigenvalue weighted by atomic mass is 35.5. The van der Waals surface area contributed by atoms with Crippen LogP contribution in [-0.2, 0) is 19.4 Å². The number of benzene rings is 1. The van der Waals surface area contributed by atoms with Crippen LogP contribution >= 0.6 is 23.2 Å². The summed E-state index contributed by atoms with van der Waals surface area (Å²) in [6.45, 7) is -0.440. The van der Waals surface area contributed by atoms with Gasteiger partial charge in [0.25, 0.3) is 5.91 Å². The van der Waals surface area contributed by atoms with Crippen molar-refractivity contribution < 1.29 is 22.7 Å². The molecule has 0 spiro atoms. The molecule has 1 amide bonds. The minimum absolute atomic E-state index is 0.0216. The Kier molecular flexibility index (Phi) is 5.27. The number of halogens is 2. The predicted octanol–water partition coefficient (Wildman–Crippen LogP) is 2.33. The maximum absolute atomic E-state index is 12.5. The second-order valence-electron chi connectivity index (χ2n) is 6.29. The zero-order chi connectivity index (χ0) is 18.2. The van der Waals surface area contributed by atoms with Crippen molar-refractivity contribution in [3.63, 3.8) is 0 Å². The summed E-state index contributed by atoms with van der Waals surface area (Å²) in [5, 5.41) is 0.533. The summed E-state index contributed by atoms with van der Waals surface area (Å²) in [6.07, 6.45) is 2.13. The zero-order valence-electron chi connectivity index (χ0n) is 13.3. The first kappa shape index (κ1) is 18.5. The van der Waals surface area contributed by atoms with Crippen molar-refractivity contribution in [1.82, 2.24) is 4.90 Å². The molecule has 1 heterocycles. The standard InChI is InChI=1S/C16H17Cl2NO5S/c17-10-1-4-13(14(18)7-10)16(21)24-8-15(20)19(11-2-3-11)12-5-6-25(22,23)9-12/h1,4,7,11-12H,2-3,5-6,8-9H2/t12-/m0/s1. The van der Waals surface area contributed by atoms with Crippen molar-refractivity contribution >= 4 is 44.9 Å². The fourth-order valence-corrected chi connectivity index (χ4v) is 5.18. The van der Waals surface area contributed by atoms with Crippen LogP contribution in [0.1, 0.15) is 29.6 Å². The Morgan fingerprint density at radius 3 is 2.44 bits per heavy atom. The summed E-state index contributed by atoms with van der Waals surface area (Å²) in [7, 11) is -3.10. The topological polar surface area (TPSA) is 80.8 Å². The third kappa shape index (κ3) is 4.46. The summed E-state index contributed by atoms with van der Waals surface area (Å²) < 4.78 is 28.4. The van der Waals surface area contributed by atoms with E-state index in [1.165, 1.54) is 18.2 Å². The number of carbonyl (C=O) groups is 2. The molecule has 1 aromatic rings. The summed E-state index contributed by atoms with van der Waals surface area (Å²) in [5.74, 6) is -1.02. The lowest BCUT2D eigenvalue weighted by Gasteiger charge is -2.28. The average molecular weight is 406 g/mol. The second kappa shape index (κ2) is 7.13. The fraction of sp³-hybridized carbons (Fsp3) is 0.500. The van der Waals surface area contributed by atoms with E-state index in [0.717, 1.165) is 12.8 Å². The number of rotatable bonds is 5. The van der Waals surface area contributed by atoms with E-state index in [1.54, 1.807) is 4.90 Å². The minimum atomic E-state index is -3.10. The fourth-order valence-electron chi connectivity index (χ4n) is 2.99. The van der Waals surface area contributed by atoms with Crippen molar-refractivity contribution in [2.24, 2.45) is 0 Å². The van der Waals surface area contributed by atoms with E-state index in [-0.39, 0.29) is 40.1 Å². The van der Waals surface area contributed by atoms with Crippen molar-refractivity contribution in [2.75, 3.05) is 18.1 Å². The lowest BCUT2D eigenvalue weighted by atomic mass is 10.2. The van der Waals surface area contributed by atoms with Crippen molar-refractivity contribution in [1.29, 1.82) is 0 Å². The van der Waals surface area contributed by atoms with Gasteiger partial charge in [-0.3, -0.25) is 4.79 Å². The lowest BCUT2D eigenvalue weighted by Crippen LogP contribution is -2.44. The summed E-state index contributed by atoms with van der Waals surface area (Å²) in [5.41, 5.74) is 0.125. The molecule has 136 valence electrons. The van der Waals surface area contributed by atoms with Crippen LogP contribution in [0.25, 0.3) is 0 Å². The third-order valence-electron chi connectivity index (χ3n) is 4.31. The van der Waals surface area contributed by atoms with Gasteiger partial charge in [-0.05, 0) is 37.5 Å². The number of sulfone groups is 1. The maximum Gasteiger partial charge on any atom is 0.340 e. The van der Waals surface area contributed by atoms with Crippen LogP contribution in [0.4, 0.5) is 0 Å². The Bertz CT molecular complexity index is 807. The molecule has 0 radical (unpaired) electrons. The first-order valence-electron chi connectivity index (χ1n) is 7.90. The highest BCUT2D eigenvalue weighted by Crippen LogP contribution is 2.32. The second-order valence-corrected chi connectivity index (χ2v) is 9.36. The molecule has 1 saturated carbocycles. The van der Waals surface area contributed by atoms with E-state index in [4.69, 9.17) is 27.9 Å². The first-order valence-corrected chi connectivity index (χ1v) is 10.5. The van der Waals surface area contributed by atoms with E-state index < -0.39 is 22.4 Å². The van der Waals surface area contributed by atoms with Crippen LogP contribution in [0, 0.1) is 0 Å². The Labute approximate surface area is 155 Å². The molecule has 1 atom stereocenters. The lowest BCUT2D eigenvalue weighted by molar-refractivity contribution is -0.137. The number of ether oxygens (including phenoxy) is 1. The molecule has 1 aliphatic carbocycles. The van der Waals surface area contributed by atoms with Gasteiger partial charge in [-0.25, -0.2) is 13.2 Å². The van der Waals surface area contributed by atoms with Gasteiger partial charge in [0.2, 0.25) is 0 Å². The molecule has 0 N–H and O–H groups in total. The molecule has 1 aliphatic heterocycles. The van der Waals surface area contributed by atoms with Gasteiger partial charge in [0.1, 0.15) is 0 Å². The Hall–Kier alpha value is -1.31. The van der Waals surface area contributed by atoms with E-state index in [1.807, 2.05) is 0 Å². The van der Waals surface area contributed by atoms with E-state index in [2.05, 4.69) is 0 Å². The predicted molar refractivity (Wildman–Crippen MR) is 93.7 cm³/mol. The van der Waals surface area contributed by atoms with Gasteiger partial charge < -0.3 is 9.64 Å². The van der Waals surface area contributed by atoms with Crippen LogP contribution in [0.5, 0.6) is 0 Å². The van der Waals surface area contributed by atoms with Gasteiger partial charge in [-0.2, -0.15) is 0 Å². The van der Waals surface area contributed by atoms with Gasteiger partial charge in [-0.15, -0.1) is 0 Å².